The molecule has 0 heterocycles. The molecule has 0 aromatic rings. The van der Waals surface area contributed by atoms with Crippen LogP contribution < -0.4 is 0 Å². The number of rotatable bonds is 3. The third-order valence-corrected chi connectivity index (χ3v) is 2.09. The number of carboxylic acid groups (broad SMARTS) is 1. The normalized spacial score (nSPS) is 15.9. The first-order valence-corrected chi connectivity index (χ1v) is 3.38. The fraction of sp³-hybridized carbons (Fsp3) is 0.500. The van der Waals surface area contributed by atoms with Gasteiger partial charge in [0.05, 0.1) is 0 Å². The first-order chi connectivity index (χ1) is 4.45. The quantitative estimate of drug-likeness (QED) is 0.763. The lowest BCUT2D eigenvalue weighted by molar-refractivity contribution is -0.154. The topological polar surface area (TPSA) is 46.5 Å². The molecule has 10 heavy (non-hydrogen) atoms. The number of carboxylic acids is 1. The van der Waals surface area contributed by atoms with Gasteiger partial charge in [-0.05, 0) is 6.92 Å². The minimum Gasteiger partial charge on any atom is -0.479 e. The molecule has 1 atom stereocenters. The van der Waals surface area contributed by atoms with Crippen molar-refractivity contribution in [3.8, 4) is 0 Å². The van der Waals surface area contributed by atoms with Crippen molar-refractivity contribution in [1.29, 1.82) is 0 Å². The van der Waals surface area contributed by atoms with Crippen LogP contribution in [0.2, 0.25) is 0 Å². The van der Waals surface area contributed by atoms with Gasteiger partial charge < -0.3 is 9.84 Å². The fourth-order valence-corrected chi connectivity index (χ4v) is 0.646. The maximum atomic E-state index is 10.5. The van der Waals surface area contributed by atoms with E-state index in [-0.39, 0.29) is 0 Å². The lowest BCUT2D eigenvalue weighted by Crippen LogP contribution is -2.37. The molecule has 0 saturated carbocycles. The molecule has 0 rings (SSSR count). The van der Waals surface area contributed by atoms with Crippen LogP contribution in [0.15, 0.2) is 11.1 Å². The molecule has 1 unspecified atom stereocenters. The third kappa shape index (κ3) is 1.58. The molecule has 0 radical (unpaired) electrons. The van der Waals surface area contributed by atoms with Gasteiger partial charge in [0.25, 0.3) is 0 Å². The Bertz CT molecular complexity index is 150. The molecule has 0 aliphatic heterocycles. The Morgan fingerprint density at radius 3 is 2.20 bits per heavy atom. The molecule has 0 aliphatic carbocycles. The van der Waals surface area contributed by atoms with Crippen LogP contribution in [0.3, 0.4) is 0 Å². The van der Waals surface area contributed by atoms with Gasteiger partial charge in [0, 0.05) is 11.6 Å². The first kappa shape index (κ1) is 9.65. The standard InChI is InChI=1S/C6H9BrO3/c1-4(7)6(2,10-3)5(8)9/h1H2,2-3H3,(H,8,9). The van der Waals surface area contributed by atoms with Gasteiger partial charge in [-0.2, -0.15) is 0 Å². The van der Waals surface area contributed by atoms with Crippen LogP contribution >= 0.6 is 15.9 Å². The van der Waals surface area contributed by atoms with Gasteiger partial charge in [0.2, 0.25) is 0 Å². The van der Waals surface area contributed by atoms with Crippen LogP contribution in [0, 0.1) is 0 Å². The van der Waals surface area contributed by atoms with Crippen LogP contribution in [-0.4, -0.2) is 23.8 Å². The third-order valence-electron chi connectivity index (χ3n) is 1.33. The summed E-state index contributed by atoms with van der Waals surface area (Å²) in [4.78, 5) is 10.5. The molecular weight excluding hydrogens is 200 g/mol. The predicted molar refractivity (Wildman–Crippen MR) is 41.1 cm³/mol. The smallest absolute Gasteiger partial charge is 0.340 e. The van der Waals surface area contributed by atoms with Crippen molar-refractivity contribution in [2.24, 2.45) is 0 Å². The van der Waals surface area contributed by atoms with E-state index in [1.165, 1.54) is 14.0 Å². The van der Waals surface area contributed by atoms with Gasteiger partial charge in [0.1, 0.15) is 0 Å². The second-order valence-electron chi connectivity index (χ2n) is 1.95. The highest BCUT2D eigenvalue weighted by molar-refractivity contribution is 9.11. The summed E-state index contributed by atoms with van der Waals surface area (Å²) in [6.07, 6.45) is 0. The van der Waals surface area contributed by atoms with Crippen molar-refractivity contribution < 1.29 is 14.6 Å². The molecule has 58 valence electrons. The lowest BCUT2D eigenvalue weighted by atomic mass is 10.1. The van der Waals surface area contributed by atoms with Crippen LogP contribution in [-0.2, 0) is 9.53 Å². The average molecular weight is 209 g/mol. The summed E-state index contributed by atoms with van der Waals surface area (Å²) in [6.45, 7) is 4.85. The van der Waals surface area contributed by atoms with E-state index in [4.69, 9.17) is 9.84 Å². The summed E-state index contributed by atoms with van der Waals surface area (Å²) in [5, 5.41) is 8.59. The van der Waals surface area contributed by atoms with Gasteiger partial charge in [-0.15, -0.1) is 0 Å². The Kier molecular flexibility index (Phi) is 3.05. The molecule has 3 nitrogen and oxygen atoms in total. The zero-order chi connectivity index (χ0) is 8.36. The average Bonchev–Trinajstić information content (AvgIpc) is 1.85. The number of ether oxygens (including phenoxy) is 1. The summed E-state index contributed by atoms with van der Waals surface area (Å²) in [5.41, 5.74) is -1.32. The molecule has 0 aliphatic rings. The van der Waals surface area contributed by atoms with Crippen LogP contribution in [0.5, 0.6) is 0 Å². The lowest BCUT2D eigenvalue weighted by Gasteiger charge is -2.21. The van der Waals surface area contributed by atoms with Crippen LogP contribution in [0.4, 0.5) is 0 Å². The second kappa shape index (κ2) is 3.16. The van der Waals surface area contributed by atoms with E-state index in [1.54, 1.807) is 0 Å². The zero-order valence-electron chi connectivity index (χ0n) is 5.85. The van der Waals surface area contributed by atoms with Crippen LogP contribution in [0.1, 0.15) is 6.92 Å². The molecule has 1 N–H and O–H groups in total. The molecule has 0 saturated heterocycles. The molecule has 0 amide bonds. The van der Waals surface area contributed by atoms with E-state index in [2.05, 4.69) is 22.5 Å². The summed E-state index contributed by atoms with van der Waals surface area (Å²) in [5.74, 6) is -1.06. The Morgan fingerprint density at radius 1 is 1.80 bits per heavy atom. The Hall–Kier alpha value is -0.350. The maximum absolute atomic E-state index is 10.5. The molecule has 0 bridgehead atoms. The summed E-state index contributed by atoms with van der Waals surface area (Å²) < 4.78 is 5.02. The van der Waals surface area contributed by atoms with Crippen molar-refractivity contribution in [3.63, 3.8) is 0 Å². The fourth-order valence-electron chi connectivity index (χ4n) is 0.314. The van der Waals surface area contributed by atoms with E-state index < -0.39 is 11.6 Å². The summed E-state index contributed by atoms with van der Waals surface area (Å²) >= 11 is 2.96. The number of aliphatic carboxylic acids is 1. The largest absolute Gasteiger partial charge is 0.479 e. The highest BCUT2D eigenvalue weighted by Gasteiger charge is 2.34. The van der Waals surface area contributed by atoms with Crippen molar-refractivity contribution in [1.82, 2.24) is 0 Å². The highest BCUT2D eigenvalue weighted by atomic mass is 79.9. The Morgan fingerprint density at radius 2 is 2.20 bits per heavy atom. The molecule has 4 heteroatoms. The van der Waals surface area contributed by atoms with E-state index in [9.17, 15) is 4.79 Å². The second-order valence-corrected chi connectivity index (χ2v) is 2.90. The van der Waals surface area contributed by atoms with Gasteiger partial charge in [-0.25, -0.2) is 4.79 Å². The van der Waals surface area contributed by atoms with E-state index in [0.717, 1.165) is 0 Å². The van der Waals surface area contributed by atoms with Crippen molar-refractivity contribution in [2.75, 3.05) is 7.11 Å². The van der Waals surface area contributed by atoms with Gasteiger partial charge in [0.15, 0.2) is 5.60 Å². The molecule has 0 fully saturated rings. The SMILES string of the molecule is C=C(Br)C(C)(OC)C(=O)O. The van der Waals surface area contributed by atoms with E-state index in [1.807, 2.05) is 0 Å². The van der Waals surface area contributed by atoms with Gasteiger partial charge in [-0.1, -0.05) is 22.5 Å². The summed E-state index contributed by atoms with van der Waals surface area (Å²) in [7, 11) is 1.32. The minimum absolute atomic E-state index is 0.301. The predicted octanol–water partition coefficient (Wildman–Crippen LogP) is 1.38. The molecule has 0 aromatic heterocycles. The molecule has 0 aromatic carbocycles. The monoisotopic (exact) mass is 208 g/mol. The number of halogens is 1. The number of methoxy groups -OCH3 is 1. The highest BCUT2D eigenvalue weighted by Crippen LogP contribution is 2.23. The van der Waals surface area contributed by atoms with E-state index in [0.29, 0.717) is 4.48 Å². The molecular formula is C6H9BrO3. The van der Waals surface area contributed by atoms with Gasteiger partial charge in [-0.3, -0.25) is 0 Å². The Balaban J connectivity index is 4.55. The Labute approximate surface area is 67.8 Å². The minimum atomic E-state index is -1.32. The molecule has 0 spiro atoms. The van der Waals surface area contributed by atoms with Crippen molar-refractivity contribution in [3.05, 3.63) is 11.1 Å². The van der Waals surface area contributed by atoms with Crippen molar-refractivity contribution in [2.45, 2.75) is 12.5 Å². The van der Waals surface area contributed by atoms with E-state index >= 15 is 0 Å². The number of hydrogen-bond donors (Lipinski definition) is 1. The number of hydrogen-bond acceptors (Lipinski definition) is 2. The zero-order valence-corrected chi connectivity index (χ0v) is 7.43. The maximum Gasteiger partial charge on any atom is 0.340 e. The van der Waals surface area contributed by atoms with Gasteiger partial charge >= 0.3 is 5.97 Å². The first-order valence-electron chi connectivity index (χ1n) is 2.58. The van der Waals surface area contributed by atoms with Crippen LogP contribution in [0.25, 0.3) is 0 Å². The summed E-state index contributed by atoms with van der Waals surface area (Å²) in [6, 6.07) is 0. The number of carbonyl (C=O) groups is 1. The van der Waals surface area contributed by atoms with Crippen molar-refractivity contribution >= 4 is 21.9 Å².